The maximum absolute atomic E-state index is 12.5. The van der Waals surface area contributed by atoms with Crippen LogP contribution in [0.3, 0.4) is 0 Å². The molecule has 9 nitrogen and oxygen atoms in total. The van der Waals surface area contributed by atoms with E-state index in [0.717, 1.165) is 0 Å². The van der Waals surface area contributed by atoms with E-state index in [1.807, 2.05) is 0 Å². The summed E-state index contributed by atoms with van der Waals surface area (Å²) in [6, 6.07) is 9.90. The molecule has 0 saturated heterocycles. The zero-order valence-electron chi connectivity index (χ0n) is 15.8. The van der Waals surface area contributed by atoms with Crippen LogP contribution in [-0.2, 0) is 0 Å². The Morgan fingerprint density at radius 3 is 2.25 bits per heavy atom. The Hall–Kier alpha value is -3.75. The fourth-order valence-corrected chi connectivity index (χ4v) is 2.51. The van der Waals surface area contributed by atoms with Crippen LogP contribution in [0.5, 0.6) is 23.0 Å². The number of carbonyl (C=O) groups is 1. The van der Waals surface area contributed by atoms with Crippen molar-refractivity contribution in [3.05, 3.63) is 42.0 Å². The SMILES string of the molecule is COc1ccc(OC)c(-c2nnc(NC(=O)c3ccc(OC)c(OC)c3)o2)c1. The third-order valence-corrected chi connectivity index (χ3v) is 3.93. The van der Waals surface area contributed by atoms with E-state index in [4.69, 9.17) is 23.4 Å². The molecule has 9 heteroatoms. The summed E-state index contributed by atoms with van der Waals surface area (Å²) in [6.07, 6.45) is 0. The summed E-state index contributed by atoms with van der Waals surface area (Å²) in [7, 11) is 6.09. The van der Waals surface area contributed by atoms with Crippen molar-refractivity contribution in [2.75, 3.05) is 33.8 Å². The highest BCUT2D eigenvalue weighted by atomic mass is 16.5. The first-order valence-electron chi connectivity index (χ1n) is 8.19. The van der Waals surface area contributed by atoms with Crippen LogP contribution in [0, 0.1) is 0 Å². The van der Waals surface area contributed by atoms with E-state index in [1.54, 1.807) is 43.5 Å². The molecule has 0 saturated carbocycles. The van der Waals surface area contributed by atoms with Crippen molar-refractivity contribution in [1.29, 1.82) is 0 Å². The average molecular weight is 385 g/mol. The fourth-order valence-electron chi connectivity index (χ4n) is 2.51. The molecule has 3 rings (SSSR count). The highest BCUT2D eigenvalue weighted by Crippen LogP contribution is 2.33. The maximum Gasteiger partial charge on any atom is 0.322 e. The van der Waals surface area contributed by atoms with Gasteiger partial charge in [0.2, 0.25) is 0 Å². The number of nitrogens with zero attached hydrogens (tertiary/aromatic N) is 2. The van der Waals surface area contributed by atoms with Gasteiger partial charge >= 0.3 is 6.01 Å². The topological polar surface area (TPSA) is 105 Å². The number of ether oxygens (including phenoxy) is 4. The Morgan fingerprint density at radius 1 is 0.857 bits per heavy atom. The molecule has 0 aliphatic heterocycles. The first-order chi connectivity index (χ1) is 13.6. The second-order valence-corrected chi connectivity index (χ2v) is 5.50. The fraction of sp³-hybridized carbons (Fsp3) is 0.211. The summed E-state index contributed by atoms with van der Waals surface area (Å²) in [5.74, 6) is 1.82. The standard InChI is InChI=1S/C19H19N3O6/c1-24-12-6-8-14(25-2)13(10-12)18-21-22-19(28-18)20-17(23)11-5-7-15(26-3)16(9-11)27-4/h5-10H,1-4H3,(H,20,22,23). The second-order valence-electron chi connectivity index (χ2n) is 5.50. The largest absolute Gasteiger partial charge is 0.497 e. The molecule has 0 radical (unpaired) electrons. The Labute approximate surface area is 161 Å². The molecule has 146 valence electrons. The number of nitrogens with one attached hydrogen (secondary N) is 1. The van der Waals surface area contributed by atoms with Gasteiger partial charge in [0.1, 0.15) is 11.5 Å². The van der Waals surface area contributed by atoms with Gasteiger partial charge in [-0.2, -0.15) is 0 Å². The average Bonchev–Trinajstić information content (AvgIpc) is 3.20. The molecule has 1 N–H and O–H groups in total. The zero-order valence-corrected chi connectivity index (χ0v) is 15.8. The second kappa shape index (κ2) is 8.30. The number of methoxy groups -OCH3 is 4. The lowest BCUT2D eigenvalue weighted by Gasteiger charge is -2.09. The Bertz CT molecular complexity index is 986. The van der Waals surface area contributed by atoms with Crippen LogP contribution in [-0.4, -0.2) is 44.5 Å². The molecule has 1 amide bonds. The summed E-state index contributed by atoms with van der Waals surface area (Å²) in [5, 5.41) is 10.4. The molecule has 0 bridgehead atoms. The van der Waals surface area contributed by atoms with Crippen LogP contribution in [0.25, 0.3) is 11.5 Å². The molecule has 1 heterocycles. The molecule has 0 fully saturated rings. The maximum atomic E-state index is 12.5. The van der Waals surface area contributed by atoms with Crippen LogP contribution < -0.4 is 24.3 Å². The first-order valence-corrected chi connectivity index (χ1v) is 8.19. The summed E-state index contributed by atoms with van der Waals surface area (Å²) < 4.78 is 26.4. The molecule has 3 aromatic rings. The van der Waals surface area contributed by atoms with E-state index in [1.165, 1.54) is 21.3 Å². The van der Waals surface area contributed by atoms with E-state index in [2.05, 4.69) is 15.5 Å². The van der Waals surface area contributed by atoms with Crippen LogP contribution in [0.4, 0.5) is 6.01 Å². The minimum absolute atomic E-state index is 0.0559. The zero-order chi connectivity index (χ0) is 20.1. The van der Waals surface area contributed by atoms with Crippen molar-refractivity contribution in [1.82, 2.24) is 10.2 Å². The van der Waals surface area contributed by atoms with Gasteiger partial charge in [-0.3, -0.25) is 10.1 Å². The Balaban J connectivity index is 1.83. The summed E-state index contributed by atoms with van der Waals surface area (Å²) in [5.41, 5.74) is 0.886. The Morgan fingerprint density at radius 2 is 1.57 bits per heavy atom. The van der Waals surface area contributed by atoms with E-state index < -0.39 is 5.91 Å². The lowest BCUT2D eigenvalue weighted by Crippen LogP contribution is -2.12. The van der Waals surface area contributed by atoms with Crippen molar-refractivity contribution in [2.24, 2.45) is 0 Å². The van der Waals surface area contributed by atoms with Crippen molar-refractivity contribution in [2.45, 2.75) is 0 Å². The van der Waals surface area contributed by atoms with Gasteiger partial charge in [0.25, 0.3) is 11.8 Å². The third kappa shape index (κ3) is 3.83. The number of rotatable bonds is 7. The number of amides is 1. The van der Waals surface area contributed by atoms with Crippen LogP contribution >= 0.6 is 0 Å². The van der Waals surface area contributed by atoms with Gasteiger partial charge in [-0.05, 0) is 36.4 Å². The summed E-state index contributed by atoms with van der Waals surface area (Å²) in [4.78, 5) is 12.5. The molecule has 0 unspecified atom stereocenters. The number of carbonyl (C=O) groups excluding carboxylic acids is 1. The minimum Gasteiger partial charge on any atom is -0.497 e. The number of aromatic nitrogens is 2. The smallest absolute Gasteiger partial charge is 0.322 e. The highest BCUT2D eigenvalue weighted by Gasteiger charge is 2.17. The van der Waals surface area contributed by atoms with Crippen molar-refractivity contribution >= 4 is 11.9 Å². The molecule has 0 atom stereocenters. The van der Waals surface area contributed by atoms with Gasteiger partial charge in [0, 0.05) is 5.56 Å². The normalized spacial score (nSPS) is 10.3. The van der Waals surface area contributed by atoms with E-state index in [0.29, 0.717) is 34.1 Å². The van der Waals surface area contributed by atoms with Gasteiger partial charge in [0.05, 0.1) is 34.0 Å². The van der Waals surface area contributed by atoms with Gasteiger partial charge < -0.3 is 23.4 Å². The summed E-state index contributed by atoms with van der Waals surface area (Å²) in [6.45, 7) is 0. The van der Waals surface area contributed by atoms with Crippen molar-refractivity contribution in [3.8, 4) is 34.5 Å². The van der Waals surface area contributed by atoms with E-state index >= 15 is 0 Å². The predicted octanol–water partition coefficient (Wildman–Crippen LogP) is 3.02. The lowest BCUT2D eigenvalue weighted by molar-refractivity contribution is 0.102. The molecule has 2 aromatic carbocycles. The van der Waals surface area contributed by atoms with Gasteiger partial charge in [-0.25, -0.2) is 0 Å². The van der Waals surface area contributed by atoms with Gasteiger partial charge in [-0.15, -0.1) is 5.10 Å². The van der Waals surface area contributed by atoms with Gasteiger partial charge in [-0.1, -0.05) is 5.10 Å². The lowest BCUT2D eigenvalue weighted by atomic mass is 10.2. The first kappa shape index (κ1) is 19.0. The number of benzene rings is 2. The molecule has 0 aliphatic carbocycles. The number of hydrogen-bond acceptors (Lipinski definition) is 8. The monoisotopic (exact) mass is 385 g/mol. The minimum atomic E-state index is -0.436. The molecule has 0 aliphatic rings. The molecular weight excluding hydrogens is 366 g/mol. The van der Waals surface area contributed by atoms with E-state index in [9.17, 15) is 4.79 Å². The van der Waals surface area contributed by atoms with Crippen LogP contribution in [0.2, 0.25) is 0 Å². The molecular formula is C19H19N3O6. The van der Waals surface area contributed by atoms with Gasteiger partial charge in [0.15, 0.2) is 11.5 Å². The van der Waals surface area contributed by atoms with Crippen LogP contribution in [0.15, 0.2) is 40.8 Å². The van der Waals surface area contributed by atoms with Crippen LogP contribution in [0.1, 0.15) is 10.4 Å². The number of hydrogen-bond donors (Lipinski definition) is 1. The highest BCUT2D eigenvalue weighted by molar-refractivity contribution is 6.03. The predicted molar refractivity (Wildman–Crippen MR) is 100 cm³/mol. The third-order valence-electron chi connectivity index (χ3n) is 3.93. The summed E-state index contributed by atoms with van der Waals surface area (Å²) >= 11 is 0. The van der Waals surface area contributed by atoms with E-state index in [-0.39, 0.29) is 11.9 Å². The molecule has 0 spiro atoms. The Kier molecular flexibility index (Phi) is 5.64. The molecule has 1 aromatic heterocycles. The molecule has 28 heavy (non-hydrogen) atoms. The quantitative estimate of drug-likeness (QED) is 0.662. The van der Waals surface area contributed by atoms with Crippen molar-refractivity contribution < 1.29 is 28.2 Å². The number of anilines is 1. The van der Waals surface area contributed by atoms with Crippen molar-refractivity contribution in [3.63, 3.8) is 0 Å².